The third kappa shape index (κ3) is 6.13. The Morgan fingerprint density at radius 1 is 0.674 bits per heavy atom. The fourth-order valence-electron chi connectivity index (χ4n) is 9.84. The zero-order valence-corrected chi connectivity index (χ0v) is 26.5. The molecule has 1 aliphatic heterocycles. The molecule has 0 bridgehead atoms. The van der Waals surface area contributed by atoms with Gasteiger partial charge in [-0.2, -0.15) is 0 Å². The summed E-state index contributed by atoms with van der Waals surface area (Å²) < 4.78 is 2.37. The monoisotopic (exact) mass is 574 g/mol. The molecular formula is C41H54N2. The van der Waals surface area contributed by atoms with Gasteiger partial charge in [-0.1, -0.05) is 138 Å². The second kappa shape index (κ2) is 13.5. The highest BCUT2D eigenvalue weighted by atomic mass is 15.1. The van der Waals surface area contributed by atoms with E-state index in [4.69, 9.17) is 6.72 Å². The van der Waals surface area contributed by atoms with Crippen molar-refractivity contribution < 1.29 is 4.58 Å². The smallest absolute Gasteiger partial charge is 0.126 e. The first-order valence-corrected chi connectivity index (χ1v) is 18.1. The first kappa shape index (κ1) is 29.0. The zero-order chi connectivity index (χ0) is 29.0. The Kier molecular flexibility index (Phi) is 9.10. The topological polar surface area (TPSA) is 15.0 Å². The molecule has 2 aromatic rings. The molecule has 7 rings (SSSR count). The minimum atomic E-state index is 0.0662. The van der Waals surface area contributed by atoms with Gasteiger partial charge in [-0.25, -0.2) is 0 Å². The van der Waals surface area contributed by atoms with E-state index >= 15 is 0 Å². The molecule has 43 heavy (non-hydrogen) atoms. The summed E-state index contributed by atoms with van der Waals surface area (Å²) >= 11 is 0. The third-order valence-corrected chi connectivity index (χ3v) is 12.0. The number of benzene rings is 2. The molecule has 4 atom stereocenters. The summed E-state index contributed by atoms with van der Waals surface area (Å²) in [5.41, 5.74) is 7.24. The third-order valence-electron chi connectivity index (χ3n) is 12.0. The molecule has 1 heterocycles. The highest BCUT2D eigenvalue weighted by molar-refractivity contribution is 5.63. The van der Waals surface area contributed by atoms with Crippen molar-refractivity contribution >= 4 is 12.4 Å². The van der Waals surface area contributed by atoms with Crippen molar-refractivity contribution in [2.45, 2.75) is 127 Å². The molecule has 0 amide bonds. The highest BCUT2D eigenvalue weighted by Gasteiger charge is 2.41. The molecular weight excluding hydrogens is 520 g/mol. The minimum Gasteiger partial charge on any atom is -0.376 e. The fraction of sp³-hybridized carbons (Fsp3) is 0.561. The SMILES string of the molecule is C=[N+]1C(C(Nc2c(C3CCCCC3)cccc2C2CCCCC2)c2ccccc2)=CC=C[C-]1C1CCCC2CCCCC21. The number of hydrogen-bond donors (Lipinski definition) is 1. The van der Waals surface area contributed by atoms with E-state index in [1.165, 1.54) is 132 Å². The van der Waals surface area contributed by atoms with Crippen LogP contribution in [0.4, 0.5) is 5.69 Å². The van der Waals surface area contributed by atoms with E-state index < -0.39 is 0 Å². The van der Waals surface area contributed by atoms with Crippen LogP contribution in [0.15, 0.2) is 72.5 Å². The summed E-state index contributed by atoms with van der Waals surface area (Å²) in [6.45, 7) is 4.82. The van der Waals surface area contributed by atoms with Crippen LogP contribution in [0, 0.1) is 23.8 Å². The van der Waals surface area contributed by atoms with E-state index in [0.29, 0.717) is 17.8 Å². The summed E-state index contributed by atoms with van der Waals surface area (Å²) in [7, 11) is 0. The van der Waals surface area contributed by atoms with Crippen molar-refractivity contribution in [1.29, 1.82) is 0 Å². The molecule has 4 unspecified atom stereocenters. The maximum Gasteiger partial charge on any atom is 0.126 e. The van der Waals surface area contributed by atoms with Gasteiger partial charge in [0.05, 0.1) is 6.72 Å². The van der Waals surface area contributed by atoms with Gasteiger partial charge in [0.25, 0.3) is 0 Å². The van der Waals surface area contributed by atoms with Crippen molar-refractivity contribution in [3.63, 3.8) is 0 Å². The first-order valence-electron chi connectivity index (χ1n) is 18.1. The van der Waals surface area contributed by atoms with Crippen molar-refractivity contribution in [2.75, 3.05) is 5.32 Å². The van der Waals surface area contributed by atoms with Crippen LogP contribution in [-0.4, -0.2) is 11.3 Å². The lowest BCUT2D eigenvalue weighted by atomic mass is 9.63. The molecule has 0 saturated heterocycles. The lowest BCUT2D eigenvalue weighted by molar-refractivity contribution is -0.463. The highest BCUT2D eigenvalue weighted by Crippen LogP contribution is 2.50. The minimum absolute atomic E-state index is 0.0662. The van der Waals surface area contributed by atoms with Crippen LogP contribution in [0.3, 0.4) is 0 Å². The molecule has 4 fully saturated rings. The van der Waals surface area contributed by atoms with Crippen LogP contribution < -0.4 is 5.32 Å². The second-order valence-electron chi connectivity index (χ2n) is 14.5. The van der Waals surface area contributed by atoms with Gasteiger partial charge in [0.15, 0.2) is 0 Å². The Bertz CT molecular complexity index is 1250. The molecule has 4 aliphatic carbocycles. The molecule has 4 saturated carbocycles. The normalized spacial score (nSPS) is 27.8. The number of allylic oxidation sites excluding steroid dienone is 2. The van der Waals surface area contributed by atoms with E-state index in [9.17, 15) is 0 Å². The summed E-state index contributed by atoms with van der Waals surface area (Å²) in [4.78, 5) is 0. The van der Waals surface area contributed by atoms with Crippen LogP contribution in [0.25, 0.3) is 0 Å². The maximum atomic E-state index is 4.82. The Morgan fingerprint density at radius 3 is 2.00 bits per heavy atom. The van der Waals surface area contributed by atoms with Gasteiger partial charge < -0.3 is 5.32 Å². The Hall–Kier alpha value is -2.74. The molecule has 0 radical (unpaired) electrons. The number of fused-ring (bicyclic) bond motifs is 1. The number of hydrogen-bond acceptors (Lipinski definition) is 1. The fourth-order valence-corrected chi connectivity index (χ4v) is 9.84. The van der Waals surface area contributed by atoms with E-state index in [1.807, 2.05) is 0 Å². The molecule has 5 aliphatic rings. The van der Waals surface area contributed by atoms with Crippen molar-refractivity contribution in [2.24, 2.45) is 17.8 Å². The van der Waals surface area contributed by atoms with Gasteiger partial charge in [-0.3, -0.25) is 4.58 Å². The van der Waals surface area contributed by atoms with Crippen LogP contribution in [0.2, 0.25) is 0 Å². The molecule has 0 aromatic heterocycles. The largest absolute Gasteiger partial charge is 0.376 e. The molecule has 2 aromatic carbocycles. The molecule has 0 spiro atoms. The predicted octanol–water partition coefficient (Wildman–Crippen LogP) is 11.2. The van der Waals surface area contributed by atoms with Gasteiger partial charge in [0.1, 0.15) is 17.8 Å². The van der Waals surface area contributed by atoms with Gasteiger partial charge in [0, 0.05) is 11.6 Å². The maximum absolute atomic E-state index is 4.82. The van der Waals surface area contributed by atoms with E-state index in [-0.39, 0.29) is 6.04 Å². The molecule has 2 heteroatoms. The lowest BCUT2D eigenvalue weighted by Crippen LogP contribution is -2.39. The second-order valence-corrected chi connectivity index (χ2v) is 14.5. The standard InChI is InChI=1S/C41H54N2/c1-43-38(37-27-13-23-30-20-11-12-24-34(30)37)28-15-29-39(43)40(33-21-9-4-10-22-33)42-41-35(31-16-5-2-6-17-31)25-14-26-36(41)32-18-7-3-8-19-32/h4,9-10,14-15,21-22,25-26,28-32,34,37,40,42H,1-3,5-8,11-13,16-20,23-24,27H2. The van der Waals surface area contributed by atoms with Crippen molar-refractivity contribution in [3.8, 4) is 0 Å². The van der Waals surface area contributed by atoms with Gasteiger partial charge in [0.2, 0.25) is 0 Å². The van der Waals surface area contributed by atoms with Gasteiger partial charge in [-0.05, 0) is 72.5 Å². The van der Waals surface area contributed by atoms with E-state index in [2.05, 4.69) is 76.7 Å². The Labute approximate surface area is 261 Å². The van der Waals surface area contributed by atoms with Crippen LogP contribution in [0.1, 0.15) is 144 Å². The summed E-state index contributed by atoms with van der Waals surface area (Å²) in [6.07, 6.45) is 30.5. The summed E-state index contributed by atoms with van der Waals surface area (Å²) in [6, 6.07) is 20.1. The number of nitrogens with one attached hydrogen (secondary N) is 1. The van der Waals surface area contributed by atoms with Gasteiger partial charge >= 0.3 is 0 Å². The molecule has 2 nitrogen and oxygen atoms in total. The number of rotatable bonds is 7. The summed E-state index contributed by atoms with van der Waals surface area (Å²) in [5, 5.41) is 4.31. The lowest BCUT2D eigenvalue weighted by Gasteiger charge is -2.45. The van der Waals surface area contributed by atoms with E-state index in [0.717, 1.165) is 11.8 Å². The quantitative estimate of drug-likeness (QED) is 0.257. The van der Waals surface area contributed by atoms with Crippen LogP contribution >= 0.6 is 0 Å². The molecule has 228 valence electrons. The summed E-state index contributed by atoms with van der Waals surface area (Å²) in [5.74, 6) is 3.72. The average molecular weight is 575 g/mol. The van der Waals surface area contributed by atoms with Crippen molar-refractivity contribution in [3.05, 3.63) is 95.2 Å². The number of para-hydroxylation sites is 1. The number of anilines is 1. The Balaban J connectivity index is 1.26. The van der Waals surface area contributed by atoms with Crippen LogP contribution in [-0.2, 0) is 0 Å². The van der Waals surface area contributed by atoms with Gasteiger partial charge in [-0.15, -0.1) is 6.08 Å². The van der Waals surface area contributed by atoms with Crippen LogP contribution in [0.5, 0.6) is 0 Å². The van der Waals surface area contributed by atoms with E-state index in [1.54, 1.807) is 11.1 Å². The Morgan fingerprint density at radius 2 is 1.30 bits per heavy atom. The number of nitrogens with zero attached hydrogens (tertiary/aromatic N) is 1. The first-order chi connectivity index (χ1) is 21.3. The molecule has 1 N–H and O–H groups in total. The average Bonchev–Trinajstić information content (AvgIpc) is 3.08. The predicted molar refractivity (Wildman–Crippen MR) is 182 cm³/mol. The zero-order valence-electron chi connectivity index (χ0n) is 26.5. The van der Waals surface area contributed by atoms with Crippen molar-refractivity contribution in [1.82, 2.24) is 0 Å².